The van der Waals surface area contributed by atoms with Crippen LogP contribution in [-0.4, -0.2) is 23.3 Å². The van der Waals surface area contributed by atoms with Crippen molar-refractivity contribution < 1.29 is 4.42 Å². The van der Waals surface area contributed by atoms with Gasteiger partial charge in [0.15, 0.2) is 0 Å². The molecule has 0 saturated heterocycles. The van der Waals surface area contributed by atoms with Gasteiger partial charge in [0.1, 0.15) is 0 Å². The first-order chi connectivity index (χ1) is 7.88. The largest absolute Gasteiger partial charge is 0.408 e. The molecule has 16 heavy (non-hydrogen) atoms. The van der Waals surface area contributed by atoms with Crippen molar-refractivity contribution in [3.05, 3.63) is 28.3 Å². The fraction of sp³-hybridized carbons (Fsp3) is 0.400. The fourth-order valence-corrected chi connectivity index (χ4v) is 2.01. The minimum absolute atomic E-state index is 0.472. The molecule has 0 fully saturated rings. The lowest BCUT2D eigenvalue weighted by atomic mass is 10.3. The van der Waals surface area contributed by atoms with Crippen molar-refractivity contribution in [3.8, 4) is 0 Å². The smallest absolute Gasteiger partial charge is 0.315 e. The zero-order valence-corrected chi connectivity index (χ0v) is 9.67. The summed E-state index contributed by atoms with van der Waals surface area (Å²) >= 11 is 1.75. The quantitative estimate of drug-likeness (QED) is 0.793. The van der Waals surface area contributed by atoms with E-state index < -0.39 is 0 Å². The highest BCUT2D eigenvalue weighted by Gasteiger charge is 2.04. The summed E-state index contributed by atoms with van der Waals surface area (Å²) in [6.45, 7) is 1.32. The molecule has 0 aromatic carbocycles. The molecule has 0 bridgehead atoms. The van der Waals surface area contributed by atoms with Crippen LogP contribution in [0.4, 0.5) is 6.01 Å². The first-order valence-electron chi connectivity index (χ1n) is 5.17. The number of hydrogen-bond donors (Lipinski definition) is 2. The van der Waals surface area contributed by atoms with Crippen molar-refractivity contribution in [1.82, 2.24) is 10.2 Å². The first kappa shape index (κ1) is 11.1. The molecule has 86 valence electrons. The summed E-state index contributed by atoms with van der Waals surface area (Å²) in [5.74, 6) is 0.584. The van der Waals surface area contributed by atoms with E-state index in [9.17, 15) is 0 Å². The molecule has 0 aliphatic carbocycles. The molecule has 0 aliphatic heterocycles. The van der Waals surface area contributed by atoms with E-state index in [1.807, 2.05) is 6.07 Å². The minimum Gasteiger partial charge on any atom is -0.408 e. The van der Waals surface area contributed by atoms with Crippen LogP contribution in [0, 0.1) is 0 Å². The second-order valence-electron chi connectivity index (χ2n) is 3.30. The predicted octanol–water partition coefficient (Wildman–Crippen LogP) is 1.29. The SMILES string of the molecule is NCCc1nnc(NCCc2cccs2)o1. The van der Waals surface area contributed by atoms with Gasteiger partial charge in [-0.1, -0.05) is 11.2 Å². The van der Waals surface area contributed by atoms with Gasteiger partial charge in [0.25, 0.3) is 0 Å². The lowest BCUT2D eigenvalue weighted by Gasteiger charge is -1.98. The molecule has 0 aliphatic rings. The van der Waals surface area contributed by atoms with E-state index >= 15 is 0 Å². The Balaban J connectivity index is 1.76. The maximum absolute atomic E-state index is 5.39. The molecular formula is C10H14N4OS. The highest BCUT2D eigenvalue weighted by molar-refractivity contribution is 7.09. The maximum Gasteiger partial charge on any atom is 0.315 e. The van der Waals surface area contributed by atoms with E-state index in [4.69, 9.17) is 10.2 Å². The van der Waals surface area contributed by atoms with Crippen LogP contribution in [0.1, 0.15) is 10.8 Å². The number of nitrogens with zero attached hydrogens (tertiary/aromatic N) is 2. The van der Waals surface area contributed by atoms with Crippen molar-refractivity contribution in [2.75, 3.05) is 18.4 Å². The Labute approximate surface area is 97.7 Å². The summed E-state index contributed by atoms with van der Waals surface area (Å²) < 4.78 is 5.33. The molecule has 2 aromatic rings. The molecular weight excluding hydrogens is 224 g/mol. The van der Waals surface area contributed by atoms with Crippen molar-refractivity contribution in [2.24, 2.45) is 5.73 Å². The molecule has 0 spiro atoms. The van der Waals surface area contributed by atoms with Gasteiger partial charge in [0.2, 0.25) is 5.89 Å². The maximum atomic E-state index is 5.39. The van der Waals surface area contributed by atoms with Crippen molar-refractivity contribution in [2.45, 2.75) is 12.8 Å². The van der Waals surface area contributed by atoms with Gasteiger partial charge in [0, 0.05) is 24.4 Å². The molecule has 0 unspecified atom stereocenters. The van der Waals surface area contributed by atoms with Crippen LogP contribution in [-0.2, 0) is 12.8 Å². The zero-order chi connectivity index (χ0) is 11.2. The molecule has 0 radical (unpaired) electrons. The van der Waals surface area contributed by atoms with Gasteiger partial charge in [-0.3, -0.25) is 0 Å². The zero-order valence-electron chi connectivity index (χ0n) is 8.85. The number of aromatic nitrogens is 2. The fourth-order valence-electron chi connectivity index (χ4n) is 1.30. The third-order valence-corrected chi connectivity index (χ3v) is 2.99. The van der Waals surface area contributed by atoms with E-state index in [2.05, 4.69) is 27.0 Å². The van der Waals surface area contributed by atoms with Crippen molar-refractivity contribution in [3.63, 3.8) is 0 Å². The number of hydrogen-bond acceptors (Lipinski definition) is 6. The van der Waals surface area contributed by atoms with E-state index in [1.165, 1.54) is 4.88 Å². The molecule has 2 aromatic heterocycles. The standard InChI is InChI=1S/C10H14N4OS/c11-5-3-9-13-14-10(15-9)12-6-4-8-2-1-7-16-8/h1-2,7H,3-6,11H2,(H,12,14). The molecule has 0 amide bonds. The van der Waals surface area contributed by atoms with Gasteiger partial charge in [-0.2, -0.15) is 0 Å². The topological polar surface area (TPSA) is 77.0 Å². The van der Waals surface area contributed by atoms with E-state index in [-0.39, 0.29) is 0 Å². The molecule has 2 heterocycles. The highest BCUT2D eigenvalue weighted by atomic mass is 32.1. The van der Waals surface area contributed by atoms with Crippen LogP contribution in [0.3, 0.4) is 0 Å². The number of nitrogens with one attached hydrogen (secondary N) is 1. The van der Waals surface area contributed by atoms with Gasteiger partial charge in [-0.25, -0.2) is 0 Å². The van der Waals surface area contributed by atoms with E-state index in [0.29, 0.717) is 24.9 Å². The van der Waals surface area contributed by atoms with Crippen molar-refractivity contribution in [1.29, 1.82) is 0 Å². The van der Waals surface area contributed by atoms with E-state index in [0.717, 1.165) is 13.0 Å². The number of rotatable bonds is 6. The summed E-state index contributed by atoms with van der Waals surface area (Å²) in [5, 5.41) is 12.9. The number of nitrogens with two attached hydrogens (primary N) is 1. The van der Waals surface area contributed by atoms with Crippen molar-refractivity contribution >= 4 is 17.4 Å². The van der Waals surface area contributed by atoms with Crippen LogP contribution in [0.15, 0.2) is 21.9 Å². The summed E-state index contributed by atoms with van der Waals surface area (Å²) in [6, 6.07) is 4.63. The Morgan fingerprint density at radius 3 is 3.06 bits per heavy atom. The van der Waals surface area contributed by atoms with Crippen LogP contribution in [0.2, 0.25) is 0 Å². The Morgan fingerprint density at radius 2 is 2.31 bits per heavy atom. The highest BCUT2D eigenvalue weighted by Crippen LogP contribution is 2.10. The average molecular weight is 238 g/mol. The molecule has 0 atom stereocenters. The molecule has 6 heteroatoms. The van der Waals surface area contributed by atoms with Gasteiger partial charge < -0.3 is 15.5 Å². The average Bonchev–Trinajstić information content (AvgIpc) is 2.90. The molecule has 3 N–H and O–H groups in total. The van der Waals surface area contributed by atoms with Crippen LogP contribution in [0.25, 0.3) is 0 Å². The first-order valence-corrected chi connectivity index (χ1v) is 6.05. The Kier molecular flexibility index (Phi) is 3.90. The monoisotopic (exact) mass is 238 g/mol. The third-order valence-electron chi connectivity index (χ3n) is 2.05. The number of anilines is 1. The van der Waals surface area contributed by atoms with Gasteiger partial charge in [-0.15, -0.1) is 16.4 Å². The Hall–Kier alpha value is -1.40. The second-order valence-corrected chi connectivity index (χ2v) is 4.33. The molecule has 5 nitrogen and oxygen atoms in total. The van der Waals surface area contributed by atoms with Crippen LogP contribution < -0.4 is 11.1 Å². The second kappa shape index (κ2) is 5.62. The summed E-state index contributed by atoms with van der Waals surface area (Å²) in [4.78, 5) is 1.34. The lowest BCUT2D eigenvalue weighted by molar-refractivity contribution is 0.506. The molecule has 0 saturated carbocycles. The predicted molar refractivity (Wildman–Crippen MR) is 63.6 cm³/mol. The Morgan fingerprint density at radius 1 is 1.38 bits per heavy atom. The Bertz CT molecular complexity index is 412. The van der Waals surface area contributed by atoms with Gasteiger partial charge >= 0.3 is 6.01 Å². The third kappa shape index (κ3) is 3.04. The van der Waals surface area contributed by atoms with Crippen LogP contribution in [0.5, 0.6) is 0 Å². The van der Waals surface area contributed by atoms with Crippen LogP contribution >= 0.6 is 11.3 Å². The summed E-state index contributed by atoms with van der Waals surface area (Å²) in [7, 11) is 0. The molecule has 2 rings (SSSR count). The minimum atomic E-state index is 0.472. The summed E-state index contributed by atoms with van der Waals surface area (Å²) in [5.41, 5.74) is 5.39. The normalized spacial score (nSPS) is 10.6. The summed E-state index contributed by atoms with van der Waals surface area (Å²) in [6.07, 6.45) is 1.59. The van der Waals surface area contributed by atoms with E-state index in [1.54, 1.807) is 11.3 Å². The van der Waals surface area contributed by atoms with Gasteiger partial charge in [-0.05, 0) is 17.9 Å². The number of thiophene rings is 1. The van der Waals surface area contributed by atoms with Gasteiger partial charge in [0.05, 0.1) is 0 Å². The lowest BCUT2D eigenvalue weighted by Crippen LogP contribution is -2.04.